The Labute approximate surface area is 102 Å². The van der Waals surface area contributed by atoms with Crippen LogP contribution in [0, 0.1) is 0 Å². The van der Waals surface area contributed by atoms with Gasteiger partial charge in [-0.2, -0.15) is 0 Å². The van der Waals surface area contributed by atoms with Gasteiger partial charge in [0.2, 0.25) is 0 Å². The van der Waals surface area contributed by atoms with E-state index >= 15 is 0 Å². The molecule has 0 spiro atoms. The standard InChI is InChI=1S/C12H20N2O3/c1-12(2)16-9-4-7-15-10(11(9)17-12)8-14-6-3-5-13/h3,5-6,9-11H,4,7-8,13H2,1-2H3/b5-3-,14-6?. The van der Waals surface area contributed by atoms with Crippen molar-refractivity contribution in [3.8, 4) is 0 Å². The van der Waals surface area contributed by atoms with E-state index in [0.717, 1.165) is 6.42 Å². The third-order valence-electron chi connectivity index (χ3n) is 2.91. The van der Waals surface area contributed by atoms with Gasteiger partial charge < -0.3 is 19.9 Å². The fourth-order valence-corrected chi connectivity index (χ4v) is 2.26. The van der Waals surface area contributed by atoms with Crippen molar-refractivity contribution in [3.05, 3.63) is 12.3 Å². The summed E-state index contributed by atoms with van der Waals surface area (Å²) >= 11 is 0. The summed E-state index contributed by atoms with van der Waals surface area (Å²) in [4.78, 5) is 4.24. The quantitative estimate of drug-likeness (QED) is 0.742. The Morgan fingerprint density at radius 1 is 1.41 bits per heavy atom. The van der Waals surface area contributed by atoms with Crippen LogP contribution < -0.4 is 5.73 Å². The third kappa shape index (κ3) is 3.06. The number of allylic oxidation sites excluding steroid dienone is 1. The minimum absolute atomic E-state index is 0.0160. The summed E-state index contributed by atoms with van der Waals surface area (Å²) in [7, 11) is 0. The normalized spacial score (nSPS) is 36.7. The highest BCUT2D eigenvalue weighted by molar-refractivity contribution is 5.70. The predicted molar refractivity (Wildman–Crippen MR) is 64.9 cm³/mol. The van der Waals surface area contributed by atoms with Crippen LogP contribution in [0.4, 0.5) is 0 Å². The topological polar surface area (TPSA) is 66.1 Å². The molecule has 0 aromatic carbocycles. The maximum absolute atomic E-state index is 5.86. The zero-order chi connectivity index (χ0) is 12.3. The van der Waals surface area contributed by atoms with Gasteiger partial charge in [0.15, 0.2) is 5.79 Å². The lowest BCUT2D eigenvalue weighted by molar-refractivity contribution is -0.152. The Balaban J connectivity index is 1.94. The lowest BCUT2D eigenvalue weighted by Crippen LogP contribution is -2.44. The maximum Gasteiger partial charge on any atom is 0.163 e. The Kier molecular flexibility index (Phi) is 3.81. The first-order valence-corrected chi connectivity index (χ1v) is 5.96. The van der Waals surface area contributed by atoms with Crippen LogP contribution in [0.15, 0.2) is 17.3 Å². The van der Waals surface area contributed by atoms with Gasteiger partial charge in [-0.25, -0.2) is 0 Å². The monoisotopic (exact) mass is 240 g/mol. The average Bonchev–Trinajstić information content (AvgIpc) is 2.59. The fourth-order valence-electron chi connectivity index (χ4n) is 2.26. The van der Waals surface area contributed by atoms with Crippen molar-refractivity contribution in [3.63, 3.8) is 0 Å². The molecule has 5 nitrogen and oxygen atoms in total. The largest absolute Gasteiger partial charge is 0.405 e. The summed E-state index contributed by atoms with van der Waals surface area (Å²) in [5.41, 5.74) is 5.22. The number of aliphatic imine (C=N–C) groups is 1. The number of hydrogen-bond donors (Lipinski definition) is 1. The molecule has 3 unspecified atom stereocenters. The molecule has 2 rings (SSSR count). The molecule has 0 aromatic heterocycles. The van der Waals surface area contributed by atoms with Crippen LogP contribution in [-0.2, 0) is 14.2 Å². The zero-order valence-electron chi connectivity index (χ0n) is 10.3. The van der Waals surface area contributed by atoms with Crippen LogP contribution in [0.3, 0.4) is 0 Å². The van der Waals surface area contributed by atoms with Gasteiger partial charge in [0.25, 0.3) is 0 Å². The van der Waals surface area contributed by atoms with Gasteiger partial charge in [-0.15, -0.1) is 0 Å². The van der Waals surface area contributed by atoms with E-state index in [-0.39, 0.29) is 18.3 Å². The Morgan fingerprint density at radius 3 is 3.00 bits per heavy atom. The number of ether oxygens (including phenoxy) is 3. The van der Waals surface area contributed by atoms with Crippen molar-refractivity contribution in [1.82, 2.24) is 0 Å². The lowest BCUT2D eigenvalue weighted by atomic mass is 10.0. The average molecular weight is 240 g/mol. The van der Waals surface area contributed by atoms with Gasteiger partial charge >= 0.3 is 0 Å². The van der Waals surface area contributed by atoms with Crippen LogP contribution in [-0.4, -0.2) is 43.5 Å². The van der Waals surface area contributed by atoms with Crippen LogP contribution in [0.1, 0.15) is 20.3 Å². The van der Waals surface area contributed by atoms with Crippen molar-refractivity contribution in [1.29, 1.82) is 0 Å². The van der Waals surface area contributed by atoms with E-state index in [0.29, 0.717) is 13.2 Å². The fraction of sp³-hybridized carbons (Fsp3) is 0.750. The molecule has 0 saturated carbocycles. The van der Waals surface area contributed by atoms with Crippen molar-refractivity contribution >= 4 is 6.21 Å². The molecule has 17 heavy (non-hydrogen) atoms. The molecule has 2 aliphatic heterocycles. The number of nitrogens with two attached hydrogens (primary N) is 1. The molecular weight excluding hydrogens is 220 g/mol. The van der Waals surface area contributed by atoms with Gasteiger partial charge in [0, 0.05) is 12.8 Å². The first kappa shape index (κ1) is 12.5. The van der Waals surface area contributed by atoms with Crippen LogP contribution in [0.2, 0.25) is 0 Å². The van der Waals surface area contributed by atoms with Gasteiger partial charge in [-0.1, -0.05) is 0 Å². The summed E-state index contributed by atoms with van der Waals surface area (Å²) < 4.78 is 17.4. The number of rotatable bonds is 3. The van der Waals surface area contributed by atoms with E-state index in [2.05, 4.69) is 4.99 Å². The molecule has 5 heteroatoms. The highest BCUT2D eigenvalue weighted by atomic mass is 16.8. The Bertz CT molecular complexity index is 315. The minimum atomic E-state index is -0.512. The van der Waals surface area contributed by atoms with Gasteiger partial charge in [0.1, 0.15) is 12.2 Å². The van der Waals surface area contributed by atoms with E-state index in [4.69, 9.17) is 19.9 Å². The molecule has 2 aliphatic rings. The number of hydrogen-bond acceptors (Lipinski definition) is 5. The number of nitrogens with zero attached hydrogens (tertiary/aromatic N) is 1. The molecule has 2 fully saturated rings. The highest BCUT2D eigenvalue weighted by Gasteiger charge is 2.47. The van der Waals surface area contributed by atoms with E-state index in [9.17, 15) is 0 Å². The zero-order valence-corrected chi connectivity index (χ0v) is 10.3. The highest BCUT2D eigenvalue weighted by Crippen LogP contribution is 2.35. The molecule has 2 N–H and O–H groups in total. The molecule has 0 aromatic rings. The second kappa shape index (κ2) is 5.16. The molecule has 3 atom stereocenters. The molecule has 0 aliphatic carbocycles. The molecular formula is C12H20N2O3. The van der Waals surface area contributed by atoms with Crippen molar-refractivity contribution in [2.24, 2.45) is 10.7 Å². The van der Waals surface area contributed by atoms with E-state index < -0.39 is 5.79 Å². The second-order valence-electron chi connectivity index (χ2n) is 4.74. The predicted octanol–water partition coefficient (Wildman–Crippen LogP) is 0.839. The van der Waals surface area contributed by atoms with Crippen molar-refractivity contribution < 1.29 is 14.2 Å². The summed E-state index contributed by atoms with van der Waals surface area (Å²) in [5.74, 6) is -0.512. The SMILES string of the molecule is CC1(C)OC2CCOC(CN=C/C=C\N)C2O1. The molecule has 0 radical (unpaired) electrons. The van der Waals surface area contributed by atoms with Crippen LogP contribution in [0.5, 0.6) is 0 Å². The summed E-state index contributed by atoms with van der Waals surface area (Å²) in [6.07, 6.45) is 5.78. The van der Waals surface area contributed by atoms with Crippen molar-refractivity contribution in [2.75, 3.05) is 13.2 Å². The Morgan fingerprint density at radius 2 is 2.24 bits per heavy atom. The van der Waals surface area contributed by atoms with Gasteiger partial charge in [-0.3, -0.25) is 4.99 Å². The second-order valence-corrected chi connectivity index (χ2v) is 4.74. The van der Waals surface area contributed by atoms with Crippen LogP contribution in [0.25, 0.3) is 0 Å². The summed E-state index contributed by atoms with van der Waals surface area (Å²) in [5, 5.41) is 0. The molecule has 2 heterocycles. The number of fused-ring (bicyclic) bond motifs is 1. The molecule has 0 bridgehead atoms. The van der Waals surface area contributed by atoms with E-state index in [1.165, 1.54) is 6.20 Å². The summed E-state index contributed by atoms with van der Waals surface area (Å²) in [6, 6.07) is 0. The lowest BCUT2D eigenvalue weighted by Gasteiger charge is -2.30. The molecule has 2 saturated heterocycles. The molecule has 96 valence electrons. The first-order valence-electron chi connectivity index (χ1n) is 5.96. The maximum atomic E-state index is 5.86. The van der Waals surface area contributed by atoms with Gasteiger partial charge in [0.05, 0.1) is 12.6 Å². The van der Waals surface area contributed by atoms with E-state index in [1.807, 2.05) is 13.8 Å². The summed E-state index contributed by atoms with van der Waals surface area (Å²) in [6.45, 7) is 5.14. The van der Waals surface area contributed by atoms with Crippen molar-refractivity contribution in [2.45, 2.75) is 44.4 Å². The third-order valence-corrected chi connectivity index (χ3v) is 2.91. The van der Waals surface area contributed by atoms with Gasteiger partial charge in [-0.05, 0) is 32.5 Å². The minimum Gasteiger partial charge on any atom is -0.405 e. The van der Waals surface area contributed by atoms with Crippen LogP contribution >= 0.6 is 0 Å². The molecule has 0 amide bonds. The van der Waals surface area contributed by atoms with E-state index in [1.54, 1.807) is 12.3 Å². The smallest absolute Gasteiger partial charge is 0.163 e. The first-order chi connectivity index (χ1) is 8.12. The Hall–Kier alpha value is -0.910.